The van der Waals surface area contributed by atoms with E-state index in [1.54, 1.807) is 0 Å². The number of hydrogen-bond donors (Lipinski definition) is 1. The van der Waals surface area contributed by atoms with E-state index in [0.717, 1.165) is 0 Å². The number of furan rings is 1. The maximum Gasteiger partial charge on any atom is 0.389 e. The summed E-state index contributed by atoms with van der Waals surface area (Å²) in [4.78, 5) is 10.7. The van der Waals surface area contributed by atoms with Crippen LogP contribution in [-0.4, -0.2) is 23.9 Å². The van der Waals surface area contributed by atoms with Gasteiger partial charge in [0.15, 0.2) is 0 Å². The fourth-order valence-electron chi connectivity index (χ4n) is 1.37. The summed E-state index contributed by atoms with van der Waals surface area (Å²) in [7, 11) is 0. The predicted molar refractivity (Wildman–Crippen MR) is 55.3 cm³/mol. The van der Waals surface area contributed by atoms with Crippen LogP contribution in [0.1, 0.15) is 34.7 Å². The Balaban J connectivity index is 2.32. The van der Waals surface area contributed by atoms with E-state index in [4.69, 9.17) is 14.3 Å². The number of halogens is 3. The van der Waals surface area contributed by atoms with Gasteiger partial charge in [-0.25, -0.2) is 4.79 Å². The van der Waals surface area contributed by atoms with Crippen LogP contribution in [0.15, 0.2) is 10.5 Å². The van der Waals surface area contributed by atoms with Crippen molar-refractivity contribution in [1.29, 1.82) is 0 Å². The quantitative estimate of drug-likeness (QED) is 0.803. The third kappa shape index (κ3) is 4.79. The molecule has 1 aromatic heterocycles. The molecule has 102 valence electrons. The van der Waals surface area contributed by atoms with Crippen molar-refractivity contribution in [3.05, 3.63) is 23.2 Å². The van der Waals surface area contributed by atoms with Gasteiger partial charge in [0, 0.05) is 13.0 Å². The summed E-state index contributed by atoms with van der Waals surface area (Å²) in [6.45, 7) is 1.41. The summed E-state index contributed by atoms with van der Waals surface area (Å²) in [6, 6.07) is 1.31. The monoisotopic (exact) mass is 266 g/mol. The van der Waals surface area contributed by atoms with Gasteiger partial charge in [0.05, 0.1) is 0 Å². The van der Waals surface area contributed by atoms with Crippen molar-refractivity contribution in [2.45, 2.75) is 32.5 Å². The van der Waals surface area contributed by atoms with Crippen molar-refractivity contribution in [3.63, 3.8) is 0 Å². The van der Waals surface area contributed by atoms with Crippen LogP contribution in [0.2, 0.25) is 0 Å². The van der Waals surface area contributed by atoms with Crippen LogP contribution >= 0.6 is 0 Å². The Morgan fingerprint density at radius 2 is 2.17 bits per heavy atom. The molecule has 1 rings (SSSR count). The minimum absolute atomic E-state index is 0.0314. The summed E-state index contributed by atoms with van der Waals surface area (Å²) in [5, 5.41) is 8.75. The molecule has 0 aliphatic heterocycles. The number of aryl methyl sites for hydroxylation is 1. The van der Waals surface area contributed by atoms with E-state index in [2.05, 4.69) is 0 Å². The first kappa shape index (κ1) is 14.6. The molecule has 0 aliphatic carbocycles. The smallest absolute Gasteiger partial charge is 0.389 e. The summed E-state index contributed by atoms with van der Waals surface area (Å²) >= 11 is 0. The summed E-state index contributed by atoms with van der Waals surface area (Å²) in [5.74, 6) is -0.576. The molecule has 4 nitrogen and oxygen atoms in total. The highest BCUT2D eigenvalue weighted by Crippen LogP contribution is 2.21. The molecule has 0 atom stereocenters. The summed E-state index contributed by atoms with van der Waals surface area (Å²) in [5.41, 5.74) is 0.0314. The van der Waals surface area contributed by atoms with E-state index in [1.807, 2.05) is 0 Å². The van der Waals surface area contributed by atoms with Crippen LogP contribution in [0, 0.1) is 6.92 Å². The first-order valence-corrected chi connectivity index (χ1v) is 5.26. The second kappa shape index (κ2) is 5.90. The van der Waals surface area contributed by atoms with Crippen LogP contribution in [0.25, 0.3) is 0 Å². The topological polar surface area (TPSA) is 59.7 Å². The van der Waals surface area contributed by atoms with E-state index in [0.29, 0.717) is 0 Å². The Kier molecular flexibility index (Phi) is 4.77. The molecule has 18 heavy (non-hydrogen) atoms. The minimum Gasteiger partial charge on any atom is -0.478 e. The Morgan fingerprint density at radius 3 is 2.67 bits per heavy atom. The number of carboxylic acids is 1. The molecule has 1 heterocycles. The average molecular weight is 266 g/mol. The Labute approximate surface area is 101 Å². The van der Waals surface area contributed by atoms with Gasteiger partial charge in [-0.2, -0.15) is 13.2 Å². The highest BCUT2D eigenvalue weighted by molar-refractivity contribution is 5.88. The van der Waals surface area contributed by atoms with Gasteiger partial charge in [0.1, 0.15) is 23.7 Å². The Bertz CT molecular complexity index is 409. The van der Waals surface area contributed by atoms with Gasteiger partial charge in [-0.05, 0) is 19.4 Å². The van der Waals surface area contributed by atoms with Crippen LogP contribution in [-0.2, 0) is 11.3 Å². The van der Waals surface area contributed by atoms with Crippen molar-refractivity contribution >= 4 is 5.97 Å². The molecule has 0 radical (unpaired) electrons. The van der Waals surface area contributed by atoms with Crippen molar-refractivity contribution < 1.29 is 32.2 Å². The summed E-state index contributed by atoms with van der Waals surface area (Å²) < 4.78 is 45.5. The molecule has 0 saturated heterocycles. The van der Waals surface area contributed by atoms with Gasteiger partial charge in [0.2, 0.25) is 0 Å². The fourth-order valence-corrected chi connectivity index (χ4v) is 1.37. The van der Waals surface area contributed by atoms with E-state index in [9.17, 15) is 18.0 Å². The maximum absolute atomic E-state index is 11.8. The predicted octanol–water partition coefficient (Wildman–Crippen LogP) is 3.15. The molecule has 0 unspecified atom stereocenters. The third-order valence-corrected chi connectivity index (χ3v) is 2.19. The number of carboxylic acid groups (broad SMARTS) is 1. The number of alkyl halides is 3. The number of hydrogen-bond acceptors (Lipinski definition) is 3. The van der Waals surface area contributed by atoms with Crippen molar-refractivity contribution in [1.82, 2.24) is 0 Å². The van der Waals surface area contributed by atoms with Crippen molar-refractivity contribution in [3.8, 4) is 0 Å². The number of aromatic carboxylic acids is 1. The molecule has 0 aliphatic rings. The van der Waals surface area contributed by atoms with Gasteiger partial charge in [-0.3, -0.25) is 0 Å². The highest BCUT2D eigenvalue weighted by Gasteiger charge is 2.25. The number of carbonyl (C=O) groups is 1. The molecule has 1 aromatic rings. The third-order valence-electron chi connectivity index (χ3n) is 2.19. The standard InChI is InChI=1S/C11H13F3O4/c1-7-9(10(15)16)5-8(18-7)6-17-4-2-3-11(12,13)14/h5H,2-4,6H2,1H3,(H,15,16). The summed E-state index contributed by atoms with van der Waals surface area (Å²) in [6.07, 6.45) is -5.21. The lowest BCUT2D eigenvalue weighted by Crippen LogP contribution is -2.08. The van der Waals surface area contributed by atoms with Gasteiger partial charge < -0.3 is 14.3 Å². The average Bonchev–Trinajstić information content (AvgIpc) is 2.57. The zero-order chi connectivity index (χ0) is 13.8. The van der Waals surface area contributed by atoms with E-state index in [-0.39, 0.29) is 36.7 Å². The van der Waals surface area contributed by atoms with Crippen LogP contribution in [0.5, 0.6) is 0 Å². The first-order chi connectivity index (χ1) is 8.29. The fraction of sp³-hybridized carbons (Fsp3) is 0.545. The lowest BCUT2D eigenvalue weighted by molar-refractivity contribution is -0.138. The first-order valence-electron chi connectivity index (χ1n) is 5.26. The van der Waals surface area contributed by atoms with Crippen LogP contribution in [0.4, 0.5) is 13.2 Å². The van der Waals surface area contributed by atoms with E-state index in [1.165, 1.54) is 13.0 Å². The van der Waals surface area contributed by atoms with Gasteiger partial charge in [-0.1, -0.05) is 0 Å². The molecular formula is C11H13F3O4. The molecule has 0 bridgehead atoms. The van der Waals surface area contributed by atoms with Crippen LogP contribution < -0.4 is 0 Å². The molecule has 7 heteroatoms. The number of rotatable bonds is 6. The molecule has 0 aromatic carbocycles. The number of ether oxygens (including phenoxy) is 1. The lowest BCUT2D eigenvalue weighted by atomic mass is 10.2. The zero-order valence-corrected chi connectivity index (χ0v) is 9.71. The SMILES string of the molecule is Cc1oc(COCCCC(F)(F)F)cc1C(=O)O. The van der Waals surface area contributed by atoms with Crippen LogP contribution in [0.3, 0.4) is 0 Å². The van der Waals surface area contributed by atoms with Gasteiger partial charge >= 0.3 is 12.1 Å². The minimum atomic E-state index is -4.18. The second-order valence-corrected chi connectivity index (χ2v) is 3.76. The Hall–Kier alpha value is -1.50. The zero-order valence-electron chi connectivity index (χ0n) is 9.71. The molecular weight excluding hydrogens is 253 g/mol. The largest absolute Gasteiger partial charge is 0.478 e. The van der Waals surface area contributed by atoms with Crippen molar-refractivity contribution in [2.24, 2.45) is 0 Å². The molecule has 0 saturated carbocycles. The van der Waals surface area contributed by atoms with Crippen molar-refractivity contribution in [2.75, 3.05) is 6.61 Å². The Morgan fingerprint density at radius 1 is 1.50 bits per heavy atom. The second-order valence-electron chi connectivity index (χ2n) is 3.76. The van der Waals surface area contributed by atoms with Gasteiger partial charge in [0.25, 0.3) is 0 Å². The highest BCUT2D eigenvalue weighted by atomic mass is 19.4. The lowest BCUT2D eigenvalue weighted by Gasteiger charge is -2.05. The molecule has 0 fully saturated rings. The maximum atomic E-state index is 11.8. The molecule has 0 amide bonds. The molecule has 0 spiro atoms. The normalized spacial score (nSPS) is 11.8. The van der Waals surface area contributed by atoms with E-state index < -0.39 is 18.6 Å². The van der Waals surface area contributed by atoms with E-state index >= 15 is 0 Å². The van der Waals surface area contributed by atoms with Gasteiger partial charge in [-0.15, -0.1) is 0 Å². The molecule has 1 N–H and O–H groups in total.